The molecule has 0 aliphatic heterocycles. The molecule has 1 atom stereocenters. The first kappa shape index (κ1) is 22.3. The molecule has 0 spiro atoms. The molecule has 7 heteroatoms. The van der Waals surface area contributed by atoms with E-state index in [1.807, 2.05) is 12.1 Å². The van der Waals surface area contributed by atoms with Crippen molar-refractivity contribution < 1.29 is 17.9 Å². The minimum atomic E-state index is -3.76. The number of carbonyl (C=O) groups excluding carboxylic acids is 1. The fourth-order valence-corrected chi connectivity index (χ4v) is 5.28. The van der Waals surface area contributed by atoms with Gasteiger partial charge in [0, 0.05) is 19.5 Å². The maximum absolute atomic E-state index is 13.2. The summed E-state index contributed by atoms with van der Waals surface area (Å²) in [5.74, 6) is 0.551. The molecule has 6 nitrogen and oxygen atoms in total. The predicted molar refractivity (Wildman–Crippen MR) is 117 cm³/mol. The number of nitrogens with one attached hydrogen (secondary N) is 1. The molecule has 0 heterocycles. The molecule has 0 saturated heterocycles. The third kappa shape index (κ3) is 5.40. The second-order valence-electron chi connectivity index (χ2n) is 7.73. The standard InChI is InChI=1S/C23H30N2O4S/c1-25(30(27,28)21-11-7-4-8-12-21)22(18-13-15-20(29-2)16-14-18)17-23(26)24-19-9-5-3-6-10-19/h4,7-8,11-16,19,22H,3,5-6,9-10,17H2,1-2H3,(H,24,26)/t22-/m1/s1. The zero-order valence-electron chi connectivity index (χ0n) is 17.6. The summed E-state index contributed by atoms with van der Waals surface area (Å²) in [5, 5.41) is 3.10. The van der Waals surface area contributed by atoms with Gasteiger partial charge in [0.1, 0.15) is 5.75 Å². The van der Waals surface area contributed by atoms with Crippen LogP contribution in [-0.4, -0.2) is 38.8 Å². The molecule has 1 fully saturated rings. The molecule has 1 saturated carbocycles. The second-order valence-corrected chi connectivity index (χ2v) is 9.73. The van der Waals surface area contributed by atoms with Crippen LogP contribution in [-0.2, 0) is 14.8 Å². The second kappa shape index (κ2) is 10.1. The Hall–Kier alpha value is -2.38. The summed E-state index contributed by atoms with van der Waals surface area (Å²) in [5.41, 5.74) is 0.747. The number of methoxy groups -OCH3 is 1. The van der Waals surface area contributed by atoms with E-state index in [0.29, 0.717) is 5.75 Å². The first-order valence-electron chi connectivity index (χ1n) is 10.4. The van der Waals surface area contributed by atoms with E-state index in [2.05, 4.69) is 5.32 Å². The van der Waals surface area contributed by atoms with E-state index in [1.165, 1.54) is 17.8 Å². The van der Waals surface area contributed by atoms with Crippen LogP contribution in [0.5, 0.6) is 5.75 Å². The lowest BCUT2D eigenvalue weighted by Crippen LogP contribution is -2.40. The van der Waals surface area contributed by atoms with Crippen LogP contribution in [0.1, 0.15) is 50.1 Å². The molecule has 1 aliphatic rings. The molecule has 162 valence electrons. The number of ether oxygens (including phenoxy) is 1. The van der Waals surface area contributed by atoms with Crippen molar-refractivity contribution in [3.05, 3.63) is 60.2 Å². The van der Waals surface area contributed by atoms with Crippen LogP contribution in [0, 0.1) is 0 Å². The Morgan fingerprint density at radius 2 is 1.70 bits per heavy atom. The van der Waals surface area contributed by atoms with Crippen molar-refractivity contribution >= 4 is 15.9 Å². The van der Waals surface area contributed by atoms with Gasteiger partial charge in [-0.15, -0.1) is 0 Å². The number of sulfonamides is 1. The third-order valence-electron chi connectivity index (χ3n) is 5.71. The molecule has 1 amide bonds. The molecule has 1 N–H and O–H groups in total. The lowest BCUT2D eigenvalue weighted by atomic mass is 9.95. The van der Waals surface area contributed by atoms with Gasteiger partial charge >= 0.3 is 0 Å². The van der Waals surface area contributed by atoms with E-state index in [1.54, 1.807) is 49.6 Å². The normalized spacial score (nSPS) is 16.2. The van der Waals surface area contributed by atoms with Crippen molar-refractivity contribution in [3.63, 3.8) is 0 Å². The molecule has 0 aromatic heterocycles. The summed E-state index contributed by atoms with van der Waals surface area (Å²) in [7, 11) is -0.646. The summed E-state index contributed by atoms with van der Waals surface area (Å²) in [6.07, 6.45) is 5.47. The maximum Gasteiger partial charge on any atom is 0.243 e. The Balaban J connectivity index is 1.85. The van der Waals surface area contributed by atoms with Gasteiger partial charge < -0.3 is 10.1 Å². The number of amides is 1. The van der Waals surface area contributed by atoms with Crippen LogP contribution < -0.4 is 10.1 Å². The van der Waals surface area contributed by atoms with E-state index in [4.69, 9.17) is 4.74 Å². The Morgan fingerprint density at radius 1 is 1.07 bits per heavy atom. The molecule has 0 bridgehead atoms. The van der Waals surface area contributed by atoms with Crippen LogP contribution in [0.15, 0.2) is 59.5 Å². The van der Waals surface area contributed by atoms with Crippen molar-refractivity contribution in [2.24, 2.45) is 0 Å². The summed E-state index contributed by atoms with van der Waals surface area (Å²) in [6, 6.07) is 15.0. The van der Waals surface area contributed by atoms with Gasteiger partial charge in [-0.2, -0.15) is 4.31 Å². The maximum atomic E-state index is 13.2. The largest absolute Gasteiger partial charge is 0.497 e. The van der Waals surface area contributed by atoms with Gasteiger partial charge in [0.15, 0.2) is 0 Å². The van der Waals surface area contributed by atoms with Gasteiger partial charge in [-0.3, -0.25) is 4.79 Å². The van der Waals surface area contributed by atoms with Crippen LogP contribution >= 0.6 is 0 Å². The Bertz CT molecular complexity index is 923. The first-order valence-corrected chi connectivity index (χ1v) is 11.8. The molecular weight excluding hydrogens is 400 g/mol. The lowest BCUT2D eigenvalue weighted by molar-refractivity contribution is -0.122. The van der Waals surface area contributed by atoms with Crippen molar-refractivity contribution in [1.29, 1.82) is 0 Å². The molecule has 0 unspecified atom stereocenters. The van der Waals surface area contributed by atoms with Crippen molar-refractivity contribution in [2.45, 2.75) is 55.5 Å². The summed E-state index contributed by atoms with van der Waals surface area (Å²) in [4.78, 5) is 13.0. The van der Waals surface area contributed by atoms with E-state index in [9.17, 15) is 13.2 Å². The van der Waals surface area contributed by atoms with Gasteiger partial charge in [0.25, 0.3) is 0 Å². The molecule has 1 aliphatic carbocycles. The van der Waals surface area contributed by atoms with E-state index in [-0.39, 0.29) is 23.3 Å². The quantitative estimate of drug-likeness (QED) is 0.689. The van der Waals surface area contributed by atoms with Gasteiger partial charge in [-0.25, -0.2) is 8.42 Å². The van der Waals surface area contributed by atoms with Crippen molar-refractivity contribution in [2.75, 3.05) is 14.2 Å². The monoisotopic (exact) mass is 430 g/mol. The van der Waals surface area contributed by atoms with Crippen LogP contribution in [0.4, 0.5) is 0 Å². The zero-order chi connectivity index (χ0) is 21.6. The molecule has 30 heavy (non-hydrogen) atoms. The Kier molecular flexibility index (Phi) is 7.50. The number of hydrogen-bond acceptors (Lipinski definition) is 4. The number of nitrogens with zero attached hydrogens (tertiary/aromatic N) is 1. The first-order chi connectivity index (χ1) is 14.4. The van der Waals surface area contributed by atoms with Crippen LogP contribution in [0.3, 0.4) is 0 Å². The Morgan fingerprint density at radius 3 is 2.30 bits per heavy atom. The van der Waals surface area contributed by atoms with E-state index < -0.39 is 16.1 Å². The third-order valence-corrected chi connectivity index (χ3v) is 7.59. The summed E-state index contributed by atoms with van der Waals surface area (Å²) in [6.45, 7) is 0. The summed E-state index contributed by atoms with van der Waals surface area (Å²) >= 11 is 0. The smallest absolute Gasteiger partial charge is 0.243 e. The average molecular weight is 431 g/mol. The molecule has 2 aromatic rings. The van der Waals surface area contributed by atoms with Gasteiger partial charge in [0.05, 0.1) is 18.0 Å². The highest BCUT2D eigenvalue weighted by Crippen LogP contribution is 2.30. The Labute approximate surface area is 179 Å². The molecule has 0 radical (unpaired) electrons. The number of carbonyl (C=O) groups is 1. The van der Waals surface area contributed by atoms with Crippen molar-refractivity contribution in [3.8, 4) is 5.75 Å². The predicted octanol–water partition coefficient (Wildman–Crippen LogP) is 3.90. The van der Waals surface area contributed by atoms with Crippen molar-refractivity contribution in [1.82, 2.24) is 9.62 Å². The van der Waals surface area contributed by atoms with Crippen LogP contribution in [0.25, 0.3) is 0 Å². The topological polar surface area (TPSA) is 75.7 Å². The highest BCUT2D eigenvalue weighted by Gasteiger charge is 2.31. The number of hydrogen-bond donors (Lipinski definition) is 1. The summed E-state index contributed by atoms with van der Waals surface area (Å²) < 4.78 is 32.9. The van der Waals surface area contributed by atoms with Gasteiger partial charge in [0.2, 0.25) is 15.9 Å². The highest BCUT2D eigenvalue weighted by atomic mass is 32.2. The minimum absolute atomic E-state index is 0.0609. The van der Waals surface area contributed by atoms with E-state index in [0.717, 1.165) is 31.2 Å². The molecule has 3 rings (SSSR count). The van der Waals surface area contributed by atoms with Gasteiger partial charge in [-0.05, 0) is 42.7 Å². The fraction of sp³-hybridized carbons (Fsp3) is 0.435. The highest BCUT2D eigenvalue weighted by molar-refractivity contribution is 7.89. The molecule has 2 aromatic carbocycles. The molecular formula is C23H30N2O4S. The zero-order valence-corrected chi connectivity index (χ0v) is 18.4. The number of rotatable bonds is 8. The van der Waals surface area contributed by atoms with Crippen LogP contribution in [0.2, 0.25) is 0 Å². The SMILES string of the molecule is COc1ccc([C@@H](CC(=O)NC2CCCCC2)N(C)S(=O)(=O)c2ccccc2)cc1. The lowest BCUT2D eigenvalue weighted by Gasteiger charge is -2.29. The number of benzene rings is 2. The fourth-order valence-electron chi connectivity index (χ4n) is 3.92. The van der Waals surface area contributed by atoms with E-state index >= 15 is 0 Å². The van der Waals surface area contributed by atoms with Gasteiger partial charge in [-0.1, -0.05) is 49.6 Å². The average Bonchev–Trinajstić information content (AvgIpc) is 2.78. The minimum Gasteiger partial charge on any atom is -0.497 e.